The largest absolute Gasteiger partial charge is 0.419 e. The third-order valence-corrected chi connectivity index (χ3v) is 4.78. The van der Waals surface area contributed by atoms with Gasteiger partial charge in [-0.15, -0.1) is 4.80 Å². The highest BCUT2D eigenvalue weighted by Gasteiger charge is 2.32. The van der Waals surface area contributed by atoms with Gasteiger partial charge in [0.1, 0.15) is 11.5 Å². The van der Waals surface area contributed by atoms with Gasteiger partial charge >= 0.3 is 6.18 Å². The number of para-hydroxylation sites is 1. The average Bonchev–Trinajstić information content (AvgIpc) is 3.29. The molecule has 3 rings (SSSR count). The zero-order valence-corrected chi connectivity index (χ0v) is 17.2. The first kappa shape index (κ1) is 24.1. The molecule has 1 aromatic carbocycles. The van der Waals surface area contributed by atoms with Crippen LogP contribution >= 0.6 is 0 Å². The fourth-order valence-corrected chi connectivity index (χ4v) is 3.11. The molecule has 0 N–H and O–H groups in total. The Bertz CT molecular complexity index is 1070. The summed E-state index contributed by atoms with van der Waals surface area (Å²) in [7, 11) is 0. The lowest BCUT2D eigenvalue weighted by atomic mass is 10.1. The highest BCUT2D eigenvalue weighted by atomic mass is 19.4. The molecule has 13 heteroatoms. The number of hydrogen-bond donors (Lipinski definition) is 0. The van der Waals surface area contributed by atoms with Crippen LogP contribution in [0.15, 0.2) is 43.0 Å². The van der Waals surface area contributed by atoms with E-state index in [9.17, 15) is 31.1 Å². The van der Waals surface area contributed by atoms with Gasteiger partial charge in [0.05, 0.1) is 30.1 Å². The van der Waals surface area contributed by atoms with Gasteiger partial charge in [-0.25, -0.2) is 23.1 Å². The number of rotatable bonds is 8. The minimum Gasteiger partial charge on any atom is -0.330 e. The lowest BCUT2D eigenvalue weighted by Gasteiger charge is -2.29. The van der Waals surface area contributed by atoms with Crippen LogP contribution in [0.1, 0.15) is 35.1 Å². The van der Waals surface area contributed by atoms with Gasteiger partial charge in [0, 0.05) is 24.9 Å². The van der Waals surface area contributed by atoms with Gasteiger partial charge < -0.3 is 4.90 Å². The number of benzene rings is 1. The lowest BCUT2D eigenvalue weighted by molar-refractivity contribution is -0.138. The summed E-state index contributed by atoms with van der Waals surface area (Å²) in [5, 5.41) is 7.61. The number of carbonyl (C=O) groups excluding carboxylic acids is 1. The molecular weight excluding hydrogens is 454 g/mol. The molecule has 1 amide bonds. The van der Waals surface area contributed by atoms with E-state index in [1.54, 1.807) is 0 Å². The van der Waals surface area contributed by atoms with Crippen LogP contribution in [-0.2, 0) is 12.6 Å². The lowest BCUT2D eigenvalue weighted by Crippen LogP contribution is -2.42. The minimum absolute atomic E-state index is 0.0308. The van der Waals surface area contributed by atoms with Gasteiger partial charge in [-0.2, -0.15) is 23.4 Å². The maximum Gasteiger partial charge on any atom is 0.419 e. The third kappa shape index (κ3) is 5.84. The van der Waals surface area contributed by atoms with Crippen molar-refractivity contribution in [1.29, 1.82) is 0 Å². The first-order valence-corrected chi connectivity index (χ1v) is 9.70. The van der Waals surface area contributed by atoms with Crippen molar-refractivity contribution in [3.63, 3.8) is 0 Å². The molecule has 7 nitrogen and oxygen atoms in total. The van der Waals surface area contributed by atoms with E-state index >= 15 is 0 Å². The average molecular weight is 472 g/mol. The van der Waals surface area contributed by atoms with Crippen LogP contribution in [0.25, 0.3) is 5.69 Å². The summed E-state index contributed by atoms with van der Waals surface area (Å²) >= 11 is 0. The summed E-state index contributed by atoms with van der Waals surface area (Å²) in [4.78, 5) is 22.2. The van der Waals surface area contributed by atoms with Crippen LogP contribution in [0.4, 0.5) is 26.3 Å². The zero-order chi connectivity index (χ0) is 24.2. The second-order valence-electron chi connectivity index (χ2n) is 7.08. The van der Waals surface area contributed by atoms with E-state index in [2.05, 4.69) is 20.2 Å². The summed E-state index contributed by atoms with van der Waals surface area (Å²) in [6, 6.07) is 2.82. The van der Waals surface area contributed by atoms with Crippen molar-refractivity contribution in [1.82, 2.24) is 29.9 Å². The van der Waals surface area contributed by atoms with E-state index in [-0.39, 0.29) is 29.9 Å². The number of hydrogen-bond acceptors (Lipinski definition) is 5. The molecule has 0 unspecified atom stereocenters. The van der Waals surface area contributed by atoms with Crippen molar-refractivity contribution in [3.05, 3.63) is 65.8 Å². The zero-order valence-electron chi connectivity index (χ0n) is 17.2. The SMILES string of the molecule is C[C@@H](CCc1ncc(C(F)(F)F)cn1)N(CC(F)F)C(=O)c1cccc(F)c1-n1nccn1. The number of aromatic nitrogens is 5. The van der Waals surface area contributed by atoms with Crippen molar-refractivity contribution in [3.8, 4) is 5.69 Å². The van der Waals surface area contributed by atoms with Crippen molar-refractivity contribution < 1.29 is 31.1 Å². The molecule has 0 saturated carbocycles. The molecule has 0 fully saturated rings. The molecule has 2 heterocycles. The topological polar surface area (TPSA) is 76.8 Å². The number of halogens is 6. The van der Waals surface area contributed by atoms with Gasteiger partial charge in [-0.3, -0.25) is 4.79 Å². The highest BCUT2D eigenvalue weighted by Crippen LogP contribution is 2.28. The summed E-state index contributed by atoms with van der Waals surface area (Å²) in [6.07, 6.45) is -3.56. The summed E-state index contributed by atoms with van der Waals surface area (Å²) in [5.41, 5.74) is -1.52. The normalized spacial score (nSPS) is 12.7. The van der Waals surface area contributed by atoms with Gasteiger partial charge in [0.2, 0.25) is 0 Å². The minimum atomic E-state index is -4.58. The summed E-state index contributed by atoms with van der Waals surface area (Å²) in [6.45, 7) is 0.561. The molecule has 0 spiro atoms. The Balaban J connectivity index is 1.81. The quantitative estimate of drug-likeness (QED) is 0.464. The molecule has 33 heavy (non-hydrogen) atoms. The van der Waals surface area contributed by atoms with Crippen molar-refractivity contribution in [2.45, 2.75) is 38.4 Å². The van der Waals surface area contributed by atoms with Crippen molar-refractivity contribution >= 4 is 5.91 Å². The van der Waals surface area contributed by atoms with E-state index in [1.807, 2.05) is 0 Å². The fraction of sp³-hybridized carbons (Fsp3) is 0.350. The Morgan fingerprint density at radius 2 is 1.76 bits per heavy atom. The van der Waals surface area contributed by atoms with Crippen LogP contribution < -0.4 is 0 Å². The molecule has 0 saturated heterocycles. The van der Waals surface area contributed by atoms with E-state index in [0.717, 1.165) is 15.8 Å². The van der Waals surface area contributed by atoms with Crippen LogP contribution in [-0.4, -0.2) is 54.8 Å². The van der Waals surface area contributed by atoms with Crippen LogP contribution in [0.5, 0.6) is 0 Å². The van der Waals surface area contributed by atoms with Gasteiger partial charge in [-0.05, 0) is 25.5 Å². The Labute approximate surface area is 184 Å². The van der Waals surface area contributed by atoms with Crippen molar-refractivity contribution in [2.75, 3.05) is 6.54 Å². The molecule has 0 bridgehead atoms. The predicted molar refractivity (Wildman–Crippen MR) is 103 cm³/mol. The molecule has 176 valence electrons. The Kier molecular flexibility index (Phi) is 7.29. The molecule has 0 aliphatic carbocycles. The highest BCUT2D eigenvalue weighted by molar-refractivity contribution is 5.98. The summed E-state index contributed by atoms with van der Waals surface area (Å²) in [5.74, 6) is -1.63. The molecular formula is C20H18F6N6O. The fourth-order valence-electron chi connectivity index (χ4n) is 3.11. The number of nitrogens with zero attached hydrogens (tertiary/aromatic N) is 6. The van der Waals surface area contributed by atoms with E-state index in [0.29, 0.717) is 12.4 Å². The number of alkyl halides is 5. The molecule has 0 aliphatic heterocycles. The monoisotopic (exact) mass is 472 g/mol. The third-order valence-electron chi connectivity index (χ3n) is 4.78. The van der Waals surface area contributed by atoms with E-state index in [1.165, 1.54) is 31.5 Å². The first-order chi connectivity index (χ1) is 15.6. The smallest absolute Gasteiger partial charge is 0.330 e. The second kappa shape index (κ2) is 9.96. The van der Waals surface area contributed by atoms with E-state index in [4.69, 9.17) is 0 Å². The number of amides is 1. The maximum absolute atomic E-state index is 14.5. The standard InChI is InChI=1S/C20H18F6N6O/c1-12(5-6-17-27-9-13(10-28-17)20(24,25)26)31(11-16(22)23)19(33)14-3-2-4-15(21)18(14)32-29-7-8-30-32/h2-4,7-10,12,16H,5-6,11H2,1H3/t12-/m0/s1. The Morgan fingerprint density at radius 1 is 1.12 bits per heavy atom. The van der Waals surface area contributed by atoms with Crippen molar-refractivity contribution in [2.24, 2.45) is 0 Å². The Hall–Kier alpha value is -3.51. The summed E-state index contributed by atoms with van der Waals surface area (Å²) < 4.78 is 78.9. The molecule has 1 atom stereocenters. The van der Waals surface area contributed by atoms with Crippen LogP contribution in [0, 0.1) is 5.82 Å². The molecule has 0 aliphatic rings. The predicted octanol–water partition coefficient (Wildman–Crippen LogP) is 3.94. The van der Waals surface area contributed by atoms with Crippen LogP contribution in [0.2, 0.25) is 0 Å². The van der Waals surface area contributed by atoms with Gasteiger partial charge in [0.25, 0.3) is 12.3 Å². The number of aryl methyl sites for hydroxylation is 1. The van der Waals surface area contributed by atoms with Gasteiger partial charge in [-0.1, -0.05) is 6.07 Å². The maximum atomic E-state index is 14.5. The molecule has 3 aromatic rings. The Morgan fingerprint density at radius 3 is 2.33 bits per heavy atom. The van der Waals surface area contributed by atoms with E-state index < -0.39 is 42.5 Å². The first-order valence-electron chi connectivity index (χ1n) is 9.70. The molecule has 2 aromatic heterocycles. The molecule has 0 radical (unpaired) electrons. The number of carbonyl (C=O) groups is 1. The van der Waals surface area contributed by atoms with Crippen LogP contribution in [0.3, 0.4) is 0 Å². The second-order valence-corrected chi connectivity index (χ2v) is 7.08. The van der Waals surface area contributed by atoms with Gasteiger partial charge in [0.15, 0.2) is 5.82 Å².